The summed E-state index contributed by atoms with van der Waals surface area (Å²) in [6.07, 6.45) is 0. The molecular weight excluding hydrogens is 384 g/mol. The van der Waals surface area contributed by atoms with E-state index in [0.717, 1.165) is 11.3 Å². The largest absolute Gasteiger partial charge is 0.492 e. The van der Waals surface area contributed by atoms with Crippen LogP contribution in [0.2, 0.25) is 0 Å². The number of alkyl halides is 1. The average Bonchev–Trinajstić information content (AvgIpc) is 3.04. The summed E-state index contributed by atoms with van der Waals surface area (Å²) < 4.78 is 5.71. The van der Waals surface area contributed by atoms with Crippen LogP contribution in [0, 0.1) is 0 Å². The molecular formula is C20H21ClN2O3S. The van der Waals surface area contributed by atoms with Crippen LogP contribution in [-0.2, 0) is 9.59 Å². The number of carbonyl (C=O) groups is 2. The highest BCUT2D eigenvalue weighted by atomic mass is 35.5. The van der Waals surface area contributed by atoms with Gasteiger partial charge in [0.05, 0.1) is 18.0 Å². The number of para-hydroxylation sites is 2. The maximum absolute atomic E-state index is 12.6. The van der Waals surface area contributed by atoms with E-state index in [1.165, 1.54) is 0 Å². The number of amides is 2. The van der Waals surface area contributed by atoms with Gasteiger partial charge in [0.25, 0.3) is 0 Å². The van der Waals surface area contributed by atoms with Crippen LogP contribution < -0.4 is 15.0 Å². The van der Waals surface area contributed by atoms with Gasteiger partial charge in [-0.15, -0.1) is 23.4 Å². The van der Waals surface area contributed by atoms with E-state index in [1.807, 2.05) is 49.4 Å². The van der Waals surface area contributed by atoms with Gasteiger partial charge in [-0.1, -0.05) is 24.3 Å². The molecule has 142 valence electrons. The predicted octanol–water partition coefficient (Wildman–Crippen LogP) is 4.43. The lowest BCUT2D eigenvalue weighted by molar-refractivity contribution is -0.116. The minimum Gasteiger partial charge on any atom is -0.492 e. The van der Waals surface area contributed by atoms with E-state index in [0.29, 0.717) is 23.8 Å². The Morgan fingerprint density at radius 2 is 2.11 bits per heavy atom. The standard InChI is InChI=1S/C20H21ClN2O3S/c1-3-26-17-10-5-4-9-16(17)23-18(24)12-27-20(23)14-7-6-8-15(11-14)22-19(25)13(2)21/h4-11,13,20H,3,12H2,1-2H3,(H,22,25)/t13-,20-/m1/s1. The van der Waals surface area contributed by atoms with E-state index < -0.39 is 5.38 Å². The zero-order chi connectivity index (χ0) is 19.4. The van der Waals surface area contributed by atoms with E-state index in [-0.39, 0.29) is 17.2 Å². The van der Waals surface area contributed by atoms with Crippen molar-refractivity contribution in [3.8, 4) is 5.75 Å². The molecule has 27 heavy (non-hydrogen) atoms. The SMILES string of the molecule is CCOc1ccccc1N1C(=O)CS[C@@H]1c1cccc(NC(=O)[C@@H](C)Cl)c1. The molecule has 1 aliphatic heterocycles. The number of carbonyl (C=O) groups excluding carboxylic acids is 2. The maximum Gasteiger partial charge on any atom is 0.242 e. The number of benzene rings is 2. The molecule has 3 rings (SSSR count). The van der Waals surface area contributed by atoms with E-state index >= 15 is 0 Å². The van der Waals surface area contributed by atoms with Crippen LogP contribution in [-0.4, -0.2) is 29.6 Å². The van der Waals surface area contributed by atoms with E-state index in [9.17, 15) is 9.59 Å². The smallest absolute Gasteiger partial charge is 0.242 e. The lowest BCUT2D eigenvalue weighted by atomic mass is 10.1. The molecule has 2 atom stereocenters. The molecule has 0 spiro atoms. The molecule has 0 aliphatic carbocycles. The monoisotopic (exact) mass is 404 g/mol. The van der Waals surface area contributed by atoms with Crippen LogP contribution in [0.5, 0.6) is 5.75 Å². The van der Waals surface area contributed by atoms with Crippen LogP contribution >= 0.6 is 23.4 Å². The first-order chi connectivity index (χ1) is 13.0. The lowest BCUT2D eigenvalue weighted by Crippen LogP contribution is -2.28. The molecule has 0 radical (unpaired) electrons. The minimum atomic E-state index is -0.620. The highest BCUT2D eigenvalue weighted by Crippen LogP contribution is 2.45. The van der Waals surface area contributed by atoms with Crippen molar-refractivity contribution in [3.63, 3.8) is 0 Å². The zero-order valence-corrected chi connectivity index (χ0v) is 16.7. The summed E-state index contributed by atoms with van der Waals surface area (Å²) in [7, 11) is 0. The molecule has 1 aliphatic rings. The third-order valence-electron chi connectivity index (χ3n) is 4.09. The summed E-state index contributed by atoms with van der Waals surface area (Å²) in [4.78, 5) is 26.3. The van der Waals surface area contributed by atoms with E-state index in [4.69, 9.17) is 16.3 Å². The summed E-state index contributed by atoms with van der Waals surface area (Å²) in [5.74, 6) is 0.838. The number of hydrogen-bond donors (Lipinski definition) is 1. The third kappa shape index (κ3) is 4.39. The number of hydrogen-bond acceptors (Lipinski definition) is 4. The van der Waals surface area contributed by atoms with Crippen LogP contribution in [0.1, 0.15) is 24.8 Å². The first-order valence-electron chi connectivity index (χ1n) is 8.71. The Bertz CT molecular complexity index is 843. The Morgan fingerprint density at radius 3 is 2.85 bits per heavy atom. The Morgan fingerprint density at radius 1 is 1.33 bits per heavy atom. The number of thioether (sulfide) groups is 1. The van der Waals surface area contributed by atoms with Crippen molar-refractivity contribution in [2.75, 3.05) is 22.6 Å². The molecule has 1 saturated heterocycles. The van der Waals surface area contributed by atoms with Gasteiger partial charge in [-0.05, 0) is 43.7 Å². The Hall–Kier alpha value is -2.18. The van der Waals surface area contributed by atoms with Crippen molar-refractivity contribution in [1.29, 1.82) is 0 Å². The van der Waals surface area contributed by atoms with Gasteiger partial charge < -0.3 is 10.1 Å². The molecule has 1 heterocycles. The summed E-state index contributed by atoms with van der Waals surface area (Å²) >= 11 is 7.38. The minimum absolute atomic E-state index is 0.0287. The van der Waals surface area contributed by atoms with Crippen molar-refractivity contribution in [2.45, 2.75) is 24.6 Å². The summed E-state index contributed by atoms with van der Waals surface area (Å²) in [5.41, 5.74) is 2.34. The molecule has 5 nitrogen and oxygen atoms in total. The van der Waals surface area contributed by atoms with Crippen molar-refractivity contribution in [1.82, 2.24) is 0 Å². The van der Waals surface area contributed by atoms with Gasteiger partial charge in [-0.3, -0.25) is 14.5 Å². The predicted molar refractivity (Wildman–Crippen MR) is 111 cm³/mol. The Kier molecular flexibility index (Phi) is 6.29. The molecule has 2 aromatic rings. The fraction of sp³-hybridized carbons (Fsp3) is 0.300. The van der Waals surface area contributed by atoms with Crippen LogP contribution in [0.15, 0.2) is 48.5 Å². The van der Waals surface area contributed by atoms with Gasteiger partial charge in [0, 0.05) is 5.69 Å². The first kappa shape index (κ1) is 19.6. The quantitative estimate of drug-likeness (QED) is 0.723. The Labute approximate surface area is 168 Å². The Balaban J connectivity index is 1.92. The molecule has 2 aromatic carbocycles. The number of halogens is 1. The van der Waals surface area contributed by atoms with Crippen LogP contribution in [0.3, 0.4) is 0 Å². The van der Waals surface area contributed by atoms with Crippen molar-refractivity contribution in [3.05, 3.63) is 54.1 Å². The van der Waals surface area contributed by atoms with E-state index in [1.54, 1.807) is 29.7 Å². The third-order valence-corrected chi connectivity index (χ3v) is 5.50. The second-order valence-electron chi connectivity index (χ2n) is 6.06. The van der Waals surface area contributed by atoms with Gasteiger partial charge in [-0.2, -0.15) is 0 Å². The van der Waals surface area contributed by atoms with Crippen molar-refractivity contribution >= 4 is 46.6 Å². The van der Waals surface area contributed by atoms with Gasteiger partial charge >= 0.3 is 0 Å². The fourth-order valence-electron chi connectivity index (χ4n) is 2.88. The number of anilines is 2. The van der Waals surface area contributed by atoms with Crippen molar-refractivity contribution < 1.29 is 14.3 Å². The van der Waals surface area contributed by atoms with Crippen LogP contribution in [0.4, 0.5) is 11.4 Å². The highest BCUT2D eigenvalue weighted by molar-refractivity contribution is 8.00. The molecule has 7 heteroatoms. The normalized spacial score (nSPS) is 17.7. The summed E-state index contributed by atoms with van der Waals surface area (Å²) in [6.45, 7) is 4.06. The second kappa shape index (κ2) is 8.67. The molecule has 0 unspecified atom stereocenters. The zero-order valence-electron chi connectivity index (χ0n) is 15.1. The van der Waals surface area contributed by atoms with Gasteiger partial charge in [0.15, 0.2) is 0 Å². The number of rotatable bonds is 6. The highest BCUT2D eigenvalue weighted by Gasteiger charge is 2.35. The molecule has 0 aromatic heterocycles. The maximum atomic E-state index is 12.6. The van der Waals surface area contributed by atoms with Gasteiger partial charge in [0.1, 0.15) is 16.5 Å². The number of ether oxygens (including phenoxy) is 1. The second-order valence-corrected chi connectivity index (χ2v) is 7.78. The fourth-order valence-corrected chi connectivity index (χ4v) is 4.09. The summed E-state index contributed by atoms with van der Waals surface area (Å²) in [5, 5.41) is 1.98. The van der Waals surface area contributed by atoms with Crippen molar-refractivity contribution in [2.24, 2.45) is 0 Å². The van der Waals surface area contributed by atoms with Gasteiger partial charge in [0.2, 0.25) is 11.8 Å². The molecule has 1 fully saturated rings. The summed E-state index contributed by atoms with van der Waals surface area (Å²) in [6, 6.07) is 15.0. The molecule has 0 saturated carbocycles. The number of nitrogens with zero attached hydrogens (tertiary/aromatic N) is 1. The topological polar surface area (TPSA) is 58.6 Å². The first-order valence-corrected chi connectivity index (χ1v) is 10.2. The molecule has 0 bridgehead atoms. The lowest BCUT2D eigenvalue weighted by Gasteiger charge is -2.26. The van der Waals surface area contributed by atoms with Gasteiger partial charge in [-0.25, -0.2) is 0 Å². The number of nitrogens with one attached hydrogen (secondary N) is 1. The average molecular weight is 405 g/mol. The molecule has 1 N–H and O–H groups in total. The molecule has 2 amide bonds. The van der Waals surface area contributed by atoms with E-state index in [2.05, 4.69) is 5.32 Å². The van der Waals surface area contributed by atoms with Crippen LogP contribution in [0.25, 0.3) is 0 Å².